The van der Waals surface area contributed by atoms with Crippen LogP contribution < -0.4 is 9.47 Å². The number of hydrogen-bond acceptors (Lipinski definition) is 6. The smallest absolute Gasteiger partial charge is 0.126 e. The van der Waals surface area contributed by atoms with E-state index in [1.54, 1.807) is 13.4 Å². The Hall–Kier alpha value is -2.18. The number of ether oxygens (including phenoxy) is 3. The summed E-state index contributed by atoms with van der Waals surface area (Å²) in [5.74, 6) is 2.12. The lowest BCUT2D eigenvalue weighted by atomic mass is 9.64. The summed E-state index contributed by atoms with van der Waals surface area (Å²) in [7, 11) is 1.71. The molecular formula is C24H31N3O3. The molecule has 30 heavy (non-hydrogen) atoms. The minimum absolute atomic E-state index is 0.0731. The second-order valence-electron chi connectivity index (χ2n) is 9.67. The molecule has 3 aliphatic heterocycles. The lowest BCUT2D eigenvalue weighted by molar-refractivity contribution is -0.174. The first kappa shape index (κ1) is 19.8. The fourth-order valence-electron chi connectivity index (χ4n) is 5.46. The second kappa shape index (κ2) is 7.50. The van der Waals surface area contributed by atoms with Gasteiger partial charge in [0.05, 0.1) is 19.8 Å². The van der Waals surface area contributed by atoms with Crippen LogP contribution in [0.3, 0.4) is 0 Å². The molecule has 2 aromatic rings. The predicted molar refractivity (Wildman–Crippen MR) is 113 cm³/mol. The number of likely N-dealkylation sites (tertiary alicyclic amines) is 1. The van der Waals surface area contributed by atoms with Gasteiger partial charge in [-0.2, -0.15) is 0 Å². The van der Waals surface area contributed by atoms with Gasteiger partial charge in [0.1, 0.15) is 23.4 Å². The Morgan fingerprint density at radius 1 is 1.17 bits per heavy atom. The zero-order valence-corrected chi connectivity index (χ0v) is 18.1. The fourth-order valence-corrected chi connectivity index (χ4v) is 5.46. The largest absolute Gasteiger partial charge is 0.497 e. The SMILES string of the molecule is COc1ccc2c(c1)[C@H]1OCC3(CCN(Cc4cncnc4)CC3)C[C@@H]1C(C)(C)O2. The van der Waals surface area contributed by atoms with Crippen LogP contribution >= 0.6 is 0 Å². The maximum atomic E-state index is 6.62. The Balaban J connectivity index is 1.31. The summed E-state index contributed by atoms with van der Waals surface area (Å²) in [5, 5.41) is 0. The highest BCUT2D eigenvalue weighted by Crippen LogP contribution is 2.55. The summed E-state index contributed by atoms with van der Waals surface area (Å²) in [6, 6.07) is 6.07. The van der Waals surface area contributed by atoms with Gasteiger partial charge in [-0.15, -0.1) is 0 Å². The van der Waals surface area contributed by atoms with E-state index in [2.05, 4.69) is 34.8 Å². The molecule has 0 unspecified atom stereocenters. The van der Waals surface area contributed by atoms with Crippen LogP contribution in [0.4, 0.5) is 0 Å². The molecule has 0 amide bonds. The first-order valence-electron chi connectivity index (χ1n) is 10.9. The van der Waals surface area contributed by atoms with Crippen molar-refractivity contribution in [1.29, 1.82) is 0 Å². The van der Waals surface area contributed by atoms with Crippen LogP contribution in [0.25, 0.3) is 0 Å². The van der Waals surface area contributed by atoms with Crippen LogP contribution in [0.15, 0.2) is 36.9 Å². The van der Waals surface area contributed by atoms with Gasteiger partial charge in [0, 0.05) is 36.0 Å². The average molecular weight is 410 g/mol. The molecule has 160 valence electrons. The van der Waals surface area contributed by atoms with E-state index in [1.807, 2.05) is 24.5 Å². The Bertz CT molecular complexity index is 894. The van der Waals surface area contributed by atoms with Gasteiger partial charge < -0.3 is 14.2 Å². The average Bonchev–Trinajstić information content (AvgIpc) is 2.76. The number of hydrogen-bond donors (Lipinski definition) is 0. The van der Waals surface area contributed by atoms with Gasteiger partial charge in [-0.05, 0) is 69.8 Å². The standard InChI is InChI=1S/C24H31N3O3/c1-23(2)20-11-24(6-8-27(9-7-24)14-17-12-25-16-26-13-17)15-29-22(20)19-10-18(28-3)4-5-21(19)30-23/h4-5,10,12-13,16,20,22H,6-9,11,14-15H2,1-3H3/t20-,22+/m0/s1. The van der Waals surface area contributed by atoms with E-state index in [4.69, 9.17) is 14.2 Å². The highest BCUT2D eigenvalue weighted by Gasteiger charge is 2.52. The second-order valence-corrected chi connectivity index (χ2v) is 9.67. The molecular weight excluding hydrogens is 378 g/mol. The third kappa shape index (κ3) is 3.56. The summed E-state index contributed by atoms with van der Waals surface area (Å²) in [5.41, 5.74) is 2.30. The van der Waals surface area contributed by atoms with Crippen molar-refractivity contribution in [3.63, 3.8) is 0 Å². The summed E-state index contributed by atoms with van der Waals surface area (Å²) in [6.45, 7) is 8.34. The zero-order valence-electron chi connectivity index (χ0n) is 18.1. The zero-order chi connectivity index (χ0) is 20.8. The first-order valence-corrected chi connectivity index (χ1v) is 10.9. The van der Waals surface area contributed by atoms with Crippen LogP contribution in [0.5, 0.6) is 11.5 Å². The number of nitrogens with zero attached hydrogens (tertiary/aromatic N) is 3. The highest BCUT2D eigenvalue weighted by molar-refractivity contribution is 5.44. The third-order valence-corrected chi connectivity index (χ3v) is 7.31. The van der Waals surface area contributed by atoms with E-state index in [9.17, 15) is 0 Å². The molecule has 1 aromatic carbocycles. The molecule has 2 saturated heterocycles. The fraction of sp³-hybridized carbons (Fsp3) is 0.583. The van der Waals surface area contributed by atoms with Crippen LogP contribution in [-0.4, -0.2) is 47.3 Å². The van der Waals surface area contributed by atoms with E-state index < -0.39 is 0 Å². The topological polar surface area (TPSA) is 56.7 Å². The van der Waals surface area contributed by atoms with E-state index in [-0.39, 0.29) is 17.1 Å². The number of fused-ring (bicyclic) bond motifs is 3. The van der Waals surface area contributed by atoms with Crippen molar-refractivity contribution < 1.29 is 14.2 Å². The molecule has 1 aromatic heterocycles. The van der Waals surface area contributed by atoms with E-state index in [0.717, 1.165) is 62.6 Å². The van der Waals surface area contributed by atoms with E-state index >= 15 is 0 Å². The number of methoxy groups -OCH3 is 1. The van der Waals surface area contributed by atoms with Crippen molar-refractivity contribution in [2.75, 3.05) is 26.8 Å². The van der Waals surface area contributed by atoms with Gasteiger partial charge in [-0.3, -0.25) is 4.90 Å². The van der Waals surface area contributed by atoms with E-state index in [1.165, 1.54) is 5.56 Å². The van der Waals surface area contributed by atoms with Crippen LogP contribution in [-0.2, 0) is 11.3 Å². The lowest BCUT2D eigenvalue weighted by Gasteiger charge is -2.54. The van der Waals surface area contributed by atoms with Gasteiger partial charge in [-0.25, -0.2) is 9.97 Å². The molecule has 0 saturated carbocycles. The van der Waals surface area contributed by atoms with Gasteiger partial charge in [0.15, 0.2) is 0 Å². The monoisotopic (exact) mass is 409 g/mol. The third-order valence-electron chi connectivity index (χ3n) is 7.31. The van der Waals surface area contributed by atoms with Crippen molar-refractivity contribution in [3.8, 4) is 11.5 Å². The predicted octanol–water partition coefficient (Wildman–Crippen LogP) is 4.02. The van der Waals surface area contributed by atoms with Gasteiger partial charge in [0.25, 0.3) is 0 Å². The number of aromatic nitrogens is 2. The van der Waals surface area contributed by atoms with Gasteiger partial charge in [-0.1, -0.05) is 0 Å². The van der Waals surface area contributed by atoms with E-state index in [0.29, 0.717) is 5.92 Å². The molecule has 0 aliphatic carbocycles. The van der Waals surface area contributed by atoms with Gasteiger partial charge >= 0.3 is 0 Å². The molecule has 5 rings (SSSR count). The van der Waals surface area contributed by atoms with Crippen molar-refractivity contribution in [2.45, 2.75) is 51.4 Å². The molecule has 2 atom stereocenters. The molecule has 1 spiro atoms. The summed E-state index contributed by atoms with van der Waals surface area (Å²) in [4.78, 5) is 10.8. The molecule has 0 bridgehead atoms. The molecule has 0 N–H and O–H groups in total. The van der Waals surface area contributed by atoms with Gasteiger partial charge in [0.2, 0.25) is 0 Å². The lowest BCUT2D eigenvalue weighted by Crippen LogP contribution is -2.54. The molecule has 0 radical (unpaired) electrons. The van der Waals surface area contributed by atoms with Crippen LogP contribution in [0.1, 0.15) is 50.3 Å². The Kier molecular flexibility index (Phi) is 4.94. The number of benzene rings is 1. The van der Waals surface area contributed by atoms with Crippen LogP contribution in [0.2, 0.25) is 0 Å². The molecule has 3 aliphatic rings. The summed E-state index contributed by atoms with van der Waals surface area (Å²) >= 11 is 0. The quantitative estimate of drug-likeness (QED) is 0.763. The Labute approximate surface area is 178 Å². The first-order chi connectivity index (χ1) is 14.5. The Morgan fingerprint density at radius 2 is 1.93 bits per heavy atom. The normalized spacial score (nSPS) is 27.0. The minimum Gasteiger partial charge on any atom is -0.497 e. The molecule has 6 nitrogen and oxygen atoms in total. The Morgan fingerprint density at radius 3 is 2.67 bits per heavy atom. The summed E-state index contributed by atoms with van der Waals surface area (Å²) in [6.07, 6.45) is 8.95. The summed E-state index contributed by atoms with van der Waals surface area (Å²) < 4.78 is 18.5. The van der Waals surface area contributed by atoms with Crippen molar-refractivity contribution >= 4 is 0 Å². The molecule has 4 heterocycles. The molecule has 2 fully saturated rings. The van der Waals surface area contributed by atoms with Crippen molar-refractivity contribution in [1.82, 2.24) is 14.9 Å². The molecule has 6 heteroatoms. The maximum absolute atomic E-state index is 6.62. The number of piperidine rings is 1. The van der Waals surface area contributed by atoms with Crippen LogP contribution in [0, 0.1) is 11.3 Å². The van der Waals surface area contributed by atoms with Crippen molar-refractivity contribution in [2.24, 2.45) is 11.3 Å². The number of rotatable bonds is 3. The maximum Gasteiger partial charge on any atom is 0.126 e. The highest BCUT2D eigenvalue weighted by atomic mass is 16.5. The minimum atomic E-state index is -0.252. The van der Waals surface area contributed by atoms with Crippen molar-refractivity contribution in [3.05, 3.63) is 48.0 Å².